The highest BCUT2D eigenvalue weighted by Crippen LogP contribution is 2.34. The van der Waals surface area contributed by atoms with Crippen LogP contribution in [-0.2, 0) is 6.42 Å². The molecule has 0 saturated carbocycles. The van der Waals surface area contributed by atoms with Crippen LogP contribution < -0.4 is 15.8 Å². The van der Waals surface area contributed by atoms with Gasteiger partial charge in [0.05, 0.1) is 0 Å². The first-order chi connectivity index (χ1) is 18.0. The van der Waals surface area contributed by atoms with Gasteiger partial charge >= 0.3 is 0 Å². The Labute approximate surface area is 218 Å². The summed E-state index contributed by atoms with van der Waals surface area (Å²) in [5.41, 5.74) is 10.3. The van der Waals surface area contributed by atoms with E-state index in [4.69, 9.17) is 10.5 Å². The number of hydrogen-bond acceptors (Lipinski definition) is 5. The molecule has 194 valence electrons. The molecule has 1 fully saturated rings. The van der Waals surface area contributed by atoms with Crippen molar-refractivity contribution in [3.8, 4) is 28.0 Å². The molecule has 1 saturated heterocycles. The number of fused-ring (bicyclic) bond motifs is 1. The summed E-state index contributed by atoms with van der Waals surface area (Å²) in [6.45, 7) is 7.24. The Kier molecular flexibility index (Phi) is 7.42. The third kappa shape index (κ3) is 5.32. The highest BCUT2D eigenvalue weighted by atomic mass is 19.1. The standard InChI is InChI=1S/C30H35FN4O2/c1-3-22(4-2)35-15-12-24(13-16-35)37-23-8-5-19(6-9-23)26-18-27(29(32)34-28(26)31)20-7-10-25-21(17-20)11-14-33-30(25)36/h5-10,17-18,22,24H,3-4,11-16H2,1-2H3,(H2,32,34)(H,33,36). The van der Waals surface area contributed by atoms with Crippen molar-refractivity contribution in [2.75, 3.05) is 25.4 Å². The van der Waals surface area contributed by atoms with E-state index in [2.05, 4.69) is 29.0 Å². The molecule has 0 aliphatic carbocycles. The number of ether oxygens (including phenoxy) is 1. The van der Waals surface area contributed by atoms with Crippen LogP contribution in [0.5, 0.6) is 5.75 Å². The Morgan fingerprint density at radius 2 is 1.73 bits per heavy atom. The number of anilines is 1. The number of hydrogen-bond donors (Lipinski definition) is 2. The first-order valence-electron chi connectivity index (χ1n) is 13.4. The second-order valence-corrected chi connectivity index (χ2v) is 9.99. The summed E-state index contributed by atoms with van der Waals surface area (Å²) in [4.78, 5) is 18.7. The summed E-state index contributed by atoms with van der Waals surface area (Å²) in [7, 11) is 0. The Bertz CT molecular complexity index is 1270. The minimum absolute atomic E-state index is 0.0716. The largest absolute Gasteiger partial charge is 0.490 e. The van der Waals surface area contributed by atoms with Gasteiger partial charge < -0.3 is 20.7 Å². The summed E-state index contributed by atoms with van der Waals surface area (Å²) in [6.07, 6.45) is 5.34. The highest BCUT2D eigenvalue weighted by Gasteiger charge is 2.24. The minimum atomic E-state index is -0.610. The van der Waals surface area contributed by atoms with Crippen LogP contribution in [0.3, 0.4) is 0 Å². The second kappa shape index (κ2) is 10.9. The number of piperidine rings is 1. The lowest BCUT2D eigenvalue weighted by Gasteiger charge is -2.37. The third-order valence-corrected chi connectivity index (χ3v) is 7.75. The molecule has 0 atom stereocenters. The van der Waals surface area contributed by atoms with Gasteiger partial charge in [-0.05, 0) is 73.1 Å². The van der Waals surface area contributed by atoms with Gasteiger partial charge in [0.2, 0.25) is 5.95 Å². The van der Waals surface area contributed by atoms with E-state index < -0.39 is 5.95 Å². The van der Waals surface area contributed by atoms with Crippen molar-refractivity contribution in [1.29, 1.82) is 0 Å². The van der Waals surface area contributed by atoms with Crippen molar-refractivity contribution in [3.63, 3.8) is 0 Å². The van der Waals surface area contributed by atoms with E-state index in [0.29, 0.717) is 34.8 Å². The molecule has 0 bridgehead atoms. The number of likely N-dealkylation sites (tertiary alicyclic amines) is 1. The fourth-order valence-corrected chi connectivity index (χ4v) is 5.60. The van der Waals surface area contributed by atoms with Crippen LogP contribution in [0.1, 0.15) is 55.5 Å². The van der Waals surface area contributed by atoms with E-state index in [1.54, 1.807) is 12.1 Å². The molecule has 5 rings (SSSR count). The average Bonchev–Trinajstić information content (AvgIpc) is 2.91. The van der Waals surface area contributed by atoms with Gasteiger partial charge in [0.1, 0.15) is 17.7 Å². The van der Waals surface area contributed by atoms with E-state index in [0.717, 1.165) is 49.2 Å². The van der Waals surface area contributed by atoms with Gasteiger partial charge in [-0.2, -0.15) is 4.39 Å². The molecule has 2 aliphatic heterocycles. The van der Waals surface area contributed by atoms with Crippen molar-refractivity contribution in [3.05, 3.63) is 65.6 Å². The number of rotatable bonds is 7. The summed E-state index contributed by atoms with van der Waals surface area (Å²) < 4.78 is 21.2. The predicted molar refractivity (Wildman–Crippen MR) is 145 cm³/mol. The van der Waals surface area contributed by atoms with Crippen molar-refractivity contribution < 1.29 is 13.9 Å². The number of aromatic nitrogens is 1. The lowest BCUT2D eigenvalue weighted by atomic mass is 9.94. The van der Waals surface area contributed by atoms with Gasteiger partial charge in [-0.3, -0.25) is 4.79 Å². The van der Waals surface area contributed by atoms with Crippen molar-refractivity contribution in [2.24, 2.45) is 0 Å². The molecule has 7 heteroatoms. The van der Waals surface area contributed by atoms with Crippen LogP contribution in [0.4, 0.5) is 10.2 Å². The maximum absolute atomic E-state index is 14.9. The van der Waals surface area contributed by atoms with Crippen molar-refractivity contribution >= 4 is 11.7 Å². The van der Waals surface area contributed by atoms with Crippen LogP contribution in [0.25, 0.3) is 22.3 Å². The lowest BCUT2D eigenvalue weighted by molar-refractivity contribution is 0.0726. The normalized spacial score (nSPS) is 16.5. The Morgan fingerprint density at radius 3 is 2.43 bits per heavy atom. The molecule has 3 aromatic rings. The number of amides is 1. The summed E-state index contributed by atoms with van der Waals surface area (Å²) in [5, 5.41) is 2.85. The first-order valence-corrected chi connectivity index (χ1v) is 13.4. The third-order valence-electron chi connectivity index (χ3n) is 7.75. The van der Waals surface area contributed by atoms with Gasteiger partial charge in [0.15, 0.2) is 0 Å². The van der Waals surface area contributed by atoms with E-state index in [1.807, 2.05) is 36.4 Å². The number of carbonyl (C=O) groups is 1. The molecule has 3 heterocycles. The molecule has 1 aromatic heterocycles. The number of nitrogen functional groups attached to an aromatic ring is 1. The molecule has 0 spiro atoms. The minimum Gasteiger partial charge on any atom is -0.490 e. The van der Waals surface area contributed by atoms with Gasteiger partial charge in [0, 0.05) is 42.4 Å². The Balaban J connectivity index is 1.32. The first kappa shape index (κ1) is 25.2. The fraction of sp³-hybridized carbons (Fsp3) is 0.400. The summed E-state index contributed by atoms with van der Waals surface area (Å²) >= 11 is 0. The van der Waals surface area contributed by atoms with Crippen LogP contribution in [0.15, 0.2) is 48.5 Å². The second-order valence-electron chi connectivity index (χ2n) is 9.99. The van der Waals surface area contributed by atoms with E-state index in [-0.39, 0.29) is 17.8 Å². The number of nitrogens with one attached hydrogen (secondary N) is 1. The van der Waals surface area contributed by atoms with Gasteiger partial charge in [-0.25, -0.2) is 4.98 Å². The predicted octanol–water partition coefficient (Wildman–Crippen LogP) is 5.45. The highest BCUT2D eigenvalue weighted by molar-refractivity contribution is 5.97. The van der Waals surface area contributed by atoms with Gasteiger partial charge in [-0.1, -0.05) is 38.1 Å². The number of nitrogens with zero attached hydrogens (tertiary/aromatic N) is 2. The zero-order valence-corrected chi connectivity index (χ0v) is 21.6. The SMILES string of the molecule is CCC(CC)N1CCC(Oc2ccc(-c3cc(-c4ccc5c(c4)CCNC5=O)c(N)nc3F)cc2)CC1. The Hall–Kier alpha value is -3.45. The molecular formula is C30H35FN4O2. The molecule has 2 aromatic carbocycles. The topological polar surface area (TPSA) is 80.5 Å². The van der Waals surface area contributed by atoms with E-state index in [9.17, 15) is 9.18 Å². The van der Waals surface area contributed by atoms with Crippen LogP contribution in [0.2, 0.25) is 0 Å². The number of carbonyl (C=O) groups excluding carboxylic acids is 1. The van der Waals surface area contributed by atoms with Gasteiger partial charge in [-0.15, -0.1) is 0 Å². The summed E-state index contributed by atoms with van der Waals surface area (Å²) in [5.74, 6) is 0.238. The molecule has 0 radical (unpaired) electrons. The smallest absolute Gasteiger partial charge is 0.251 e. The number of nitrogens with two attached hydrogens (primary N) is 1. The monoisotopic (exact) mass is 502 g/mol. The molecule has 3 N–H and O–H groups in total. The molecule has 1 amide bonds. The number of pyridine rings is 1. The van der Waals surface area contributed by atoms with Crippen molar-refractivity contribution in [2.45, 2.75) is 58.1 Å². The summed E-state index contributed by atoms with van der Waals surface area (Å²) in [6, 6.07) is 15.5. The quantitative estimate of drug-likeness (QED) is 0.420. The molecule has 0 unspecified atom stereocenters. The fourth-order valence-electron chi connectivity index (χ4n) is 5.60. The van der Waals surface area contributed by atoms with Crippen LogP contribution in [-0.4, -0.2) is 47.6 Å². The zero-order valence-electron chi connectivity index (χ0n) is 21.6. The van der Waals surface area contributed by atoms with E-state index >= 15 is 0 Å². The maximum Gasteiger partial charge on any atom is 0.251 e. The average molecular weight is 503 g/mol. The molecule has 2 aliphatic rings. The lowest BCUT2D eigenvalue weighted by Crippen LogP contribution is -2.43. The zero-order chi connectivity index (χ0) is 25.9. The van der Waals surface area contributed by atoms with Crippen LogP contribution in [0, 0.1) is 5.95 Å². The van der Waals surface area contributed by atoms with E-state index in [1.165, 1.54) is 12.8 Å². The molecule has 6 nitrogen and oxygen atoms in total. The molecule has 37 heavy (non-hydrogen) atoms. The van der Waals surface area contributed by atoms with Crippen LogP contribution >= 0.6 is 0 Å². The van der Waals surface area contributed by atoms with Crippen molar-refractivity contribution in [1.82, 2.24) is 15.2 Å². The van der Waals surface area contributed by atoms with Gasteiger partial charge in [0.25, 0.3) is 5.91 Å². The number of benzene rings is 2. The maximum atomic E-state index is 14.9. The number of halogens is 1. The molecular weight excluding hydrogens is 467 g/mol. The Morgan fingerprint density at radius 1 is 1.03 bits per heavy atom.